The van der Waals surface area contributed by atoms with Gasteiger partial charge in [-0.1, -0.05) is 24.3 Å². The van der Waals surface area contributed by atoms with Crippen LogP contribution in [0.3, 0.4) is 0 Å². The van der Waals surface area contributed by atoms with Gasteiger partial charge in [-0.15, -0.1) is 0 Å². The molecule has 2 nitrogen and oxygen atoms in total. The zero-order valence-corrected chi connectivity index (χ0v) is 10.1. The minimum Gasteiger partial charge on any atom is -0.390 e. The van der Waals surface area contributed by atoms with E-state index in [1.807, 2.05) is 6.07 Å². The van der Waals surface area contributed by atoms with Crippen molar-refractivity contribution in [3.63, 3.8) is 0 Å². The molecule has 0 spiro atoms. The Hall–Kier alpha value is -0.510. The number of methoxy groups -OCH3 is 1. The average molecular weight is 226 g/mol. The SMILES string of the molecule is COCC(O)CSCc1ccccc1C. The van der Waals surface area contributed by atoms with Crippen molar-refractivity contribution >= 4 is 11.8 Å². The second kappa shape index (κ2) is 6.88. The van der Waals surface area contributed by atoms with E-state index in [1.165, 1.54) is 11.1 Å². The monoisotopic (exact) mass is 226 g/mol. The quantitative estimate of drug-likeness (QED) is 0.806. The number of hydrogen-bond acceptors (Lipinski definition) is 3. The smallest absolute Gasteiger partial charge is 0.0863 e. The fourth-order valence-corrected chi connectivity index (χ4v) is 2.35. The molecule has 0 saturated carbocycles. The van der Waals surface area contributed by atoms with Gasteiger partial charge in [-0.05, 0) is 18.1 Å². The molecule has 0 radical (unpaired) electrons. The highest BCUT2D eigenvalue weighted by atomic mass is 32.2. The topological polar surface area (TPSA) is 29.5 Å². The standard InChI is InChI=1S/C12H18O2S/c1-10-5-3-4-6-11(10)8-15-9-12(13)7-14-2/h3-6,12-13H,7-9H2,1-2H3. The molecule has 0 aliphatic rings. The summed E-state index contributed by atoms with van der Waals surface area (Å²) in [6.07, 6.45) is -0.357. The first kappa shape index (κ1) is 12.6. The summed E-state index contributed by atoms with van der Waals surface area (Å²) in [7, 11) is 1.61. The van der Waals surface area contributed by atoms with Crippen LogP contribution in [0.4, 0.5) is 0 Å². The maximum absolute atomic E-state index is 9.45. The molecule has 15 heavy (non-hydrogen) atoms. The van der Waals surface area contributed by atoms with Gasteiger partial charge in [0.15, 0.2) is 0 Å². The van der Waals surface area contributed by atoms with Crippen molar-refractivity contribution in [2.75, 3.05) is 19.5 Å². The third-order valence-corrected chi connectivity index (χ3v) is 3.32. The van der Waals surface area contributed by atoms with Gasteiger partial charge in [-0.2, -0.15) is 11.8 Å². The Morgan fingerprint density at radius 2 is 2.13 bits per heavy atom. The van der Waals surface area contributed by atoms with Gasteiger partial charge in [0.05, 0.1) is 12.7 Å². The Bertz CT molecular complexity index is 289. The molecule has 0 aromatic heterocycles. The van der Waals surface area contributed by atoms with Crippen LogP contribution in [0, 0.1) is 6.92 Å². The zero-order chi connectivity index (χ0) is 11.1. The predicted octanol–water partition coefficient (Wildman–Crippen LogP) is 2.24. The Balaban J connectivity index is 2.29. The van der Waals surface area contributed by atoms with E-state index in [1.54, 1.807) is 18.9 Å². The minimum absolute atomic E-state index is 0.357. The molecule has 0 saturated heterocycles. The number of ether oxygens (including phenoxy) is 1. The molecule has 0 aliphatic carbocycles. The molecule has 1 N–H and O–H groups in total. The van der Waals surface area contributed by atoms with Crippen LogP contribution in [-0.2, 0) is 10.5 Å². The van der Waals surface area contributed by atoms with Gasteiger partial charge >= 0.3 is 0 Å². The van der Waals surface area contributed by atoms with E-state index in [-0.39, 0.29) is 6.10 Å². The second-order valence-electron chi connectivity index (χ2n) is 3.55. The Kier molecular flexibility index (Phi) is 5.76. The summed E-state index contributed by atoms with van der Waals surface area (Å²) in [6.45, 7) is 2.53. The summed E-state index contributed by atoms with van der Waals surface area (Å²) in [6, 6.07) is 8.34. The molecule has 1 atom stereocenters. The molecule has 0 amide bonds. The number of aliphatic hydroxyl groups excluding tert-OH is 1. The fourth-order valence-electron chi connectivity index (χ4n) is 1.32. The van der Waals surface area contributed by atoms with Gasteiger partial charge in [-0.3, -0.25) is 0 Å². The number of aliphatic hydroxyl groups is 1. The highest BCUT2D eigenvalue weighted by molar-refractivity contribution is 7.98. The fraction of sp³-hybridized carbons (Fsp3) is 0.500. The van der Waals surface area contributed by atoms with Gasteiger partial charge in [0.1, 0.15) is 0 Å². The number of benzene rings is 1. The van der Waals surface area contributed by atoms with Crippen molar-refractivity contribution in [1.29, 1.82) is 0 Å². The first-order chi connectivity index (χ1) is 7.24. The first-order valence-corrected chi connectivity index (χ1v) is 6.18. The number of hydrogen-bond donors (Lipinski definition) is 1. The van der Waals surface area contributed by atoms with Crippen LogP contribution in [0.25, 0.3) is 0 Å². The number of rotatable bonds is 6. The van der Waals surface area contributed by atoms with Crippen LogP contribution in [0.15, 0.2) is 24.3 Å². The Morgan fingerprint density at radius 3 is 2.80 bits per heavy atom. The van der Waals surface area contributed by atoms with Gasteiger partial charge in [-0.25, -0.2) is 0 Å². The lowest BCUT2D eigenvalue weighted by atomic mass is 10.1. The van der Waals surface area contributed by atoms with Gasteiger partial charge in [0.2, 0.25) is 0 Å². The van der Waals surface area contributed by atoms with E-state index in [2.05, 4.69) is 25.1 Å². The lowest BCUT2D eigenvalue weighted by molar-refractivity contribution is 0.0794. The lowest BCUT2D eigenvalue weighted by Crippen LogP contribution is -2.16. The molecule has 84 valence electrons. The van der Waals surface area contributed by atoms with Crippen molar-refractivity contribution < 1.29 is 9.84 Å². The molecule has 0 aliphatic heterocycles. The summed E-state index contributed by atoms with van der Waals surface area (Å²) in [5.74, 6) is 1.68. The van der Waals surface area contributed by atoms with E-state index in [0.717, 1.165) is 11.5 Å². The summed E-state index contributed by atoms with van der Waals surface area (Å²) in [4.78, 5) is 0. The second-order valence-corrected chi connectivity index (χ2v) is 4.58. The van der Waals surface area contributed by atoms with Gasteiger partial charge in [0.25, 0.3) is 0 Å². The van der Waals surface area contributed by atoms with Crippen LogP contribution < -0.4 is 0 Å². The van der Waals surface area contributed by atoms with Crippen molar-refractivity contribution in [3.05, 3.63) is 35.4 Å². The summed E-state index contributed by atoms with van der Waals surface area (Å²) in [5, 5.41) is 9.45. The van der Waals surface area contributed by atoms with Crippen molar-refractivity contribution in [2.24, 2.45) is 0 Å². The number of aryl methyl sites for hydroxylation is 1. The number of thioether (sulfide) groups is 1. The maximum Gasteiger partial charge on any atom is 0.0863 e. The molecule has 3 heteroatoms. The van der Waals surface area contributed by atoms with Crippen LogP contribution in [0.5, 0.6) is 0 Å². The molecule has 1 rings (SSSR count). The van der Waals surface area contributed by atoms with Crippen LogP contribution in [0.1, 0.15) is 11.1 Å². The zero-order valence-electron chi connectivity index (χ0n) is 9.27. The summed E-state index contributed by atoms with van der Waals surface area (Å²) < 4.78 is 4.87. The van der Waals surface area contributed by atoms with Crippen LogP contribution >= 0.6 is 11.8 Å². The Morgan fingerprint density at radius 1 is 1.40 bits per heavy atom. The van der Waals surface area contributed by atoms with Crippen molar-refractivity contribution in [1.82, 2.24) is 0 Å². The first-order valence-electron chi connectivity index (χ1n) is 5.03. The Labute approximate surface area is 95.7 Å². The van der Waals surface area contributed by atoms with E-state index in [0.29, 0.717) is 6.61 Å². The molecule has 1 aromatic carbocycles. The molecule has 1 unspecified atom stereocenters. The lowest BCUT2D eigenvalue weighted by Gasteiger charge is -2.09. The third-order valence-electron chi connectivity index (χ3n) is 2.19. The molecule has 0 fully saturated rings. The molecular weight excluding hydrogens is 208 g/mol. The third kappa shape index (κ3) is 4.69. The van der Waals surface area contributed by atoms with Crippen molar-refractivity contribution in [2.45, 2.75) is 18.8 Å². The van der Waals surface area contributed by atoms with Gasteiger partial charge in [0, 0.05) is 18.6 Å². The van der Waals surface area contributed by atoms with E-state index >= 15 is 0 Å². The normalized spacial score (nSPS) is 12.7. The minimum atomic E-state index is -0.357. The van der Waals surface area contributed by atoms with E-state index < -0.39 is 0 Å². The summed E-state index contributed by atoms with van der Waals surface area (Å²) in [5.41, 5.74) is 2.65. The van der Waals surface area contributed by atoms with Crippen molar-refractivity contribution in [3.8, 4) is 0 Å². The largest absolute Gasteiger partial charge is 0.390 e. The summed E-state index contributed by atoms with van der Waals surface area (Å²) >= 11 is 1.74. The molecular formula is C12H18O2S. The van der Waals surface area contributed by atoms with Gasteiger partial charge < -0.3 is 9.84 Å². The van der Waals surface area contributed by atoms with E-state index in [4.69, 9.17) is 4.74 Å². The highest BCUT2D eigenvalue weighted by Gasteiger charge is 2.04. The highest BCUT2D eigenvalue weighted by Crippen LogP contribution is 2.16. The molecule has 0 bridgehead atoms. The molecule has 0 heterocycles. The average Bonchev–Trinajstić information content (AvgIpc) is 2.21. The van der Waals surface area contributed by atoms with Crippen LogP contribution in [0.2, 0.25) is 0 Å². The van der Waals surface area contributed by atoms with E-state index in [9.17, 15) is 5.11 Å². The maximum atomic E-state index is 9.45. The predicted molar refractivity (Wildman–Crippen MR) is 65.2 cm³/mol. The van der Waals surface area contributed by atoms with Crippen LogP contribution in [-0.4, -0.2) is 30.7 Å². The molecule has 1 aromatic rings.